The number of benzene rings is 1. The van der Waals surface area contributed by atoms with E-state index in [0.717, 1.165) is 32.5 Å². The van der Waals surface area contributed by atoms with Gasteiger partial charge in [0.05, 0.1) is 17.9 Å². The topological polar surface area (TPSA) is 67.6 Å². The fraction of sp³-hybridized carbons (Fsp3) is 0.533. The summed E-state index contributed by atoms with van der Waals surface area (Å²) >= 11 is 5.91. The van der Waals surface area contributed by atoms with E-state index < -0.39 is 0 Å². The van der Waals surface area contributed by atoms with Crippen molar-refractivity contribution >= 4 is 28.9 Å². The molecule has 0 aliphatic carbocycles. The summed E-state index contributed by atoms with van der Waals surface area (Å²) in [5.41, 5.74) is 6.91. The average molecular weight is 312 g/mol. The van der Waals surface area contributed by atoms with Crippen LogP contribution in [0.2, 0.25) is 5.02 Å². The maximum Gasteiger partial charge on any atom is 0.238 e. The molecule has 1 aromatic carbocycles. The molecule has 0 spiro atoms. The number of nitrogens with zero attached hydrogens (tertiary/aromatic N) is 1. The quantitative estimate of drug-likeness (QED) is 0.818. The van der Waals surface area contributed by atoms with Gasteiger partial charge >= 0.3 is 0 Å². The number of piperidine rings is 1. The minimum Gasteiger partial charge on any atom is -0.397 e. The highest BCUT2D eigenvalue weighted by atomic mass is 35.5. The van der Waals surface area contributed by atoms with Crippen molar-refractivity contribution in [3.8, 4) is 0 Å². The van der Waals surface area contributed by atoms with Gasteiger partial charge in [-0.1, -0.05) is 11.6 Å². The maximum atomic E-state index is 12.1. The maximum absolute atomic E-state index is 12.1. The molecular weight excluding hydrogens is 290 g/mol. The summed E-state index contributed by atoms with van der Waals surface area (Å²) in [6, 6.07) is 5.06. The number of methoxy groups -OCH3 is 1. The van der Waals surface area contributed by atoms with E-state index in [1.54, 1.807) is 25.3 Å². The van der Waals surface area contributed by atoms with Crippen LogP contribution in [0.5, 0.6) is 0 Å². The Morgan fingerprint density at radius 3 is 2.86 bits per heavy atom. The van der Waals surface area contributed by atoms with Crippen LogP contribution in [-0.4, -0.2) is 44.2 Å². The number of halogens is 1. The second-order valence-electron chi connectivity index (χ2n) is 5.45. The van der Waals surface area contributed by atoms with Crippen LogP contribution in [0.1, 0.15) is 12.8 Å². The van der Waals surface area contributed by atoms with Crippen molar-refractivity contribution in [2.75, 3.05) is 44.4 Å². The zero-order valence-electron chi connectivity index (χ0n) is 12.3. The number of nitrogens with two attached hydrogens (primary N) is 1. The van der Waals surface area contributed by atoms with Gasteiger partial charge in [-0.05, 0) is 50.0 Å². The van der Waals surface area contributed by atoms with Gasteiger partial charge in [0.25, 0.3) is 0 Å². The van der Waals surface area contributed by atoms with Gasteiger partial charge in [0, 0.05) is 18.7 Å². The van der Waals surface area contributed by atoms with E-state index in [2.05, 4.69) is 10.2 Å². The zero-order chi connectivity index (χ0) is 15.2. The second kappa shape index (κ2) is 7.64. The van der Waals surface area contributed by atoms with Gasteiger partial charge in [-0.15, -0.1) is 0 Å². The number of amides is 1. The van der Waals surface area contributed by atoms with Crippen LogP contribution >= 0.6 is 11.6 Å². The summed E-state index contributed by atoms with van der Waals surface area (Å²) in [4.78, 5) is 14.2. The number of nitrogen functional groups attached to an aromatic ring is 1. The molecule has 1 aliphatic rings. The van der Waals surface area contributed by atoms with E-state index in [4.69, 9.17) is 22.1 Å². The summed E-state index contributed by atoms with van der Waals surface area (Å²) in [6.07, 6.45) is 2.14. The fourth-order valence-electron chi connectivity index (χ4n) is 2.58. The lowest BCUT2D eigenvalue weighted by atomic mass is 9.98. The van der Waals surface area contributed by atoms with Crippen molar-refractivity contribution in [1.82, 2.24) is 4.90 Å². The third-order valence-corrected chi connectivity index (χ3v) is 4.00. The Morgan fingerprint density at radius 1 is 1.48 bits per heavy atom. The molecule has 116 valence electrons. The van der Waals surface area contributed by atoms with Gasteiger partial charge in [0.2, 0.25) is 5.91 Å². The van der Waals surface area contributed by atoms with Gasteiger partial charge in [-0.3, -0.25) is 9.69 Å². The van der Waals surface area contributed by atoms with Gasteiger partial charge in [0.1, 0.15) is 0 Å². The molecular formula is C15H22ClN3O2. The second-order valence-corrected chi connectivity index (χ2v) is 5.89. The van der Waals surface area contributed by atoms with Crippen LogP contribution in [-0.2, 0) is 9.53 Å². The molecule has 0 bridgehead atoms. The van der Waals surface area contributed by atoms with Gasteiger partial charge in [-0.25, -0.2) is 0 Å². The molecule has 21 heavy (non-hydrogen) atoms. The standard InChI is InChI=1S/C15H22ClN3O2/c1-21-10-11-4-6-19(7-5-11)9-15(20)18-14-8-12(16)2-3-13(14)17/h2-3,8,11H,4-7,9-10,17H2,1H3,(H,18,20). The zero-order valence-corrected chi connectivity index (χ0v) is 13.0. The Bertz CT molecular complexity index is 488. The van der Waals surface area contributed by atoms with E-state index >= 15 is 0 Å². The molecule has 1 heterocycles. The predicted molar refractivity (Wildman–Crippen MR) is 85.5 cm³/mol. The van der Waals surface area contributed by atoms with Crippen molar-refractivity contribution in [2.24, 2.45) is 5.92 Å². The first-order valence-corrected chi connectivity index (χ1v) is 7.52. The summed E-state index contributed by atoms with van der Waals surface area (Å²) < 4.78 is 5.18. The van der Waals surface area contributed by atoms with Crippen molar-refractivity contribution in [1.29, 1.82) is 0 Å². The number of nitrogens with one attached hydrogen (secondary N) is 1. The number of hydrogen-bond acceptors (Lipinski definition) is 4. The SMILES string of the molecule is COCC1CCN(CC(=O)Nc2cc(Cl)ccc2N)CC1. The first kappa shape index (κ1) is 16.1. The Balaban J connectivity index is 1.81. The molecule has 5 nitrogen and oxygen atoms in total. The Hall–Kier alpha value is -1.30. The number of anilines is 2. The number of likely N-dealkylation sites (tertiary alicyclic amines) is 1. The Morgan fingerprint density at radius 2 is 2.19 bits per heavy atom. The molecule has 1 aliphatic heterocycles. The molecule has 1 saturated heterocycles. The summed E-state index contributed by atoms with van der Waals surface area (Å²) in [6.45, 7) is 3.03. The number of rotatable bonds is 5. The van der Waals surface area contributed by atoms with Gasteiger partial charge in [-0.2, -0.15) is 0 Å². The normalized spacial score (nSPS) is 16.9. The third-order valence-electron chi connectivity index (χ3n) is 3.77. The molecule has 0 atom stereocenters. The summed E-state index contributed by atoms with van der Waals surface area (Å²) in [7, 11) is 1.73. The molecule has 1 amide bonds. The van der Waals surface area contributed by atoms with Crippen LogP contribution in [0.4, 0.5) is 11.4 Å². The molecule has 0 saturated carbocycles. The molecule has 3 N–H and O–H groups in total. The monoisotopic (exact) mass is 311 g/mol. The molecule has 0 unspecified atom stereocenters. The molecule has 2 rings (SSSR count). The predicted octanol–water partition coefficient (Wildman–Crippen LogP) is 2.22. The molecule has 0 radical (unpaired) electrons. The van der Waals surface area contributed by atoms with Crippen molar-refractivity contribution < 1.29 is 9.53 Å². The van der Waals surface area contributed by atoms with E-state index in [9.17, 15) is 4.79 Å². The van der Waals surface area contributed by atoms with E-state index in [0.29, 0.717) is 28.9 Å². The summed E-state index contributed by atoms with van der Waals surface area (Å²) in [5, 5.41) is 3.38. The van der Waals surface area contributed by atoms with Crippen molar-refractivity contribution in [2.45, 2.75) is 12.8 Å². The first-order chi connectivity index (χ1) is 10.1. The largest absolute Gasteiger partial charge is 0.397 e. The number of hydrogen-bond donors (Lipinski definition) is 2. The van der Waals surface area contributed by atoms with E-state index in [1.165, 1.54) is 0 Å². The summed E-state index contributed by atoms with van der Waals surface area (Å²) in [5.74, 6) is 0.548. The highest BCUT2D eigenvalue weighted by Crippen LogP contribution is 2.23. The van der Waals surface area contributed by atoms with Crippen LogP contribution in [0.15, 0.2) is 18.2 Å². The van der Waals surface area contributed by atoms with Crippen molar-refractivity contribution in [3.05, 3.63) is 23.2 Å². The molecule has 1 aromatic rings. The molecule has 1 fully saturated rings. The Kier molecular flexibility index (Phi) is 5.85. The number of carbonyl (C=O) groups excluding carboxylic acids is 1. The van der Waals surface area contributed by atoms with Crippen LogP contribution in [0, 0.1) is 5.92 Å². The number of ether oxygens (including phenoxy) is 1. The minimum absolute atomic E-state index is 0.0610. The molecule has 6 heteroatoms. The van der Waals surface area contributed by atoms with Crippen LogP contribution in [0.3, 0.4) is 0 Å². The lowest BCUT2D eigenvalue weighted by molar-refractivity contribution is -0.117. The smallest absolute Gasteiger partial charge is 0.238 e. The van der Waals surface area contributed by atoms with Crippen LogP contribution in [0.25, 0.3) is 0 Å². The minimum atomic E-state index is -0.0610. The average Bonchev–Trinajstić information content (AvgIpc) is 2.45. The van der Waals surface area contributed by atoms with E-state index in [1.807, 2.05) is 0 Å². The Labute approximate surface area is 130 Å². The lowest BCUT2D eigenvalue weighted by Gasteiger charge is -2.31. The van der Waals surface area contributed by atoms with Crippen molar-refractivity contribution in [3.63, 3.8) is 0 Å². The molecule has 0 aromatic heterocycles. The van der Waals surface area contributed by atoms with Gasteiger partial charge < -0.3 is 15.8 Å². The third kappa shape index (κ3) is 4.88. The highest BCUT2D eigenvalue weighted by Gasteiger charge is 2.20. The van der Waals surface area contributed by atoms with E-state index in [-0.39, 0.29) is 5.91 Å². The highest BCUT2D eigenvalue weighted by molar-refractivity contribution is 6.31. The lowest BCUT2D eigenvalue weighted by Crippen LogP contribution is -2.40. The van der Waals surface area contributed by atoms with Crippen LogP contribution < -0.4 is 11.1 Å². The first-order valence-electron chi connectivity index (χ1n) is 7.14. The fourth-order valence-corrected chi connectivity index (χ4v) is 2.75. The van der Waals surface area contributed by atoms with Gasteiger partial charge in [0.15, 0.2) is 0 Å². The number of carbonyl (C=O) groups is 1.